The summed E-state index contributed by atoms with van der Waals surface area (Å²) in [5, 5.41) is 1.31. The predicted molar refractivity (Wildman–Crippen MR) is 71.1 cm³/mol. The molecule has 0 spiro atoms. The van der Waals surface area contributed by atoms with E-state index in [-0.39, 0.29) is 0 Å². The lowest BCUT2D eigenvalue weighted by Gasteiger charge is -2.09. The Labute approximate surface area is 114 Å². The standard InChI is InChI=1S/C11H6ClF2IS/c12-11(6-3-10(15)16-5-6)8-2-1-7(13)4-9(8)14/h1-5,11H. The highest BCUT2D eigenvalue weighted by Crippen LogP contribution is 2.33. The van der Waals surface area contributed by atoms with Crippen LogP contribution in [0.5, 0.6) is 0 Å². The van der Waals surface area contributed by atoms with Crippen LogP contribution in [0.15, 0.2) is 29.6 Å². The molecule has 1 unspecified atom stereocenters. The minimum Gasteiger partial charge on any atom is -0.207 e. The average Bonchev–Trinajstić information content (AvgIpc) is 2.64. The largest absolute Gasteiger partial charge is 0.207 e. The van der Waals surface area contributed by atoms with Gasteiger partial charge in [-0.05, 0) is 45.7 Å². The van der Waals surface area contributed by atoms with Gasteiger partial charge in [-0.25, -0.2) is 8.78 Å². The number of hydrogen-bond donors (Lipinski definition) is 0. The lowest BCUT2D eigenvalue weighted by molar-refractivity contribution is 0.573. The van der Waals surface area contributed by atoms with Crippen molar-refractivity contribution in [1.82, 2.24) is 0 Å². The van der Waals surface area contributed by atoms with Gasteiger partial charge in [-0.2, -0.15) is 0 Å². The van der Waals surface area contributed by atoms with E-state index in [2.05, 4.69) is 22.6 Å². The second kappa shape index (κ2) is 4.98. The summed E-state index contributed by atoms with van der Waals surface area (Å²) in [6, 6.07) is 5.34. The summed E-state index contributed by atoms with van der Waals surface area (Å²) in [5.74, 6) is -1.20. The number of halogens is 4. The van der Waals surface area contributed by atoms with Gasteiger partial charge in [-0.1, -0.05) is 6.07 Å². The van der Waals surface area contributed by atoms with Gasteiger partial charge in [0.2, 0.25) is 0 Å². The molecule has 1 atom stereocenters. The Hall–Kier alpha value is -0.200. The van der Waals surface area contributed by atoms with Crippen molar-refractivity contribution >= 4 is 45.5 Å². The van der Waals surface area contributed by atoms with Crippen molar-refractivity contribution in [2.75, 3.05) is 0 Å². The molecule has 0 aliphatic heterocycles. The highest BCUT2D eigenvalue weighted by atomic mass is 127. The molecule has 0 aliphatic carbocycles. The molecule has 0 amide bonds. The van der Waals surface area contributed by atoms with E-state index in [1.165, 1.54) is 12.1 Å². The van der Waals surface area contributed by atoms with Crippen LogP contribution < -0.4 is 0 Å². The van der Waals surface area contributed by atoms with Gasteiger partial charge in [0.05, 0.1) is 8.26 Å². The molecule has 1 heterocycles. The van der Waals surface area contributed by atoms with E-state index >= 15 is 0 Å². The second-order valence-corrected chi connectivity index (χ2v) is 6.45. The molecule has 0 fully saturated rings. The van der Waals surface area contributed by atoms with E-state index in [0.717, 1.165) is 14.5 Å². The van der Waals surface area contributed by atoms with Crippen molar-refractivity contribution in [2.45, 2.75) is 5.38 Å². The van der Waals surface area contributed by atoms with Crippen LogP contribution >= 0.6 is 45.5 Å². The first-order valence-corrected chi connectivity index (χ1v) is 6.80. The Kier molecular flexibility index (Phi) is 3.81. The minimum atomic E-state index is -0.610. The van der Waals surface area contributed by atoms with Gasteiger partial charge in [0, 0.05) is 11.6 Å². The number of benzene rings is 1. The van der Waals surface area contributed by atoms with Crippen molar-refractivity contribution in [3.8, 4) is 0 Å². The minimum absolute atomic E-state index is 0.303. The van der Waals surface area contributed by atoms with Gasteiger partial charge in [0.1, 0.15) is 11.6 Å². The van der Waals surface area contributed by atoms with Crippen molar-refractivity contribution < 1.29 is 8.78 Å². The molecule has 84 valence electrons. The topological polar surface area (TPSA) is 0 Å². The zero-order chi connectivity index (χ0) is 11.7. The Morgan fingerprint density at radius 3 is 2.56 bits per heavy atom. The normalized spacial score (nSPS) is 12.8. The molecule has 0 bridgehead atoms. The van der Waals surface area contributed by atoms with Crippen LogP contribution in [0.25, 0.3) is 0 Å². The van der Waals surface area contributed by atoms with E-state index in [4.69, 9.17) is 11.6 Å². The summed E-state index contributed by atoms with van der Waals surface area (Å²) >= 11 is 9.86. The molecule has 0 radical (unpaired) electrons. The van der Waals surface area contributed by atoms with Gasteiger partial charge in [0.25, 0.3) is 0 Å². The van der Waals surface area contributed by atoms with Gasteiger partial charge in [-0.15, -0.1) is 22.9 Å². The highest BCUT2D eigenvalue weighted by molar-refractivity contribution is 14.1. The Bertz CT molecular complexity index is 512. The fraction of sp³-hybridized carbons (Fsp3) is 0.0909. The second-order valence-electron chi connectivity index (χ2n) is 3.21. The number of thiophene rings is 1. The summed E-state index contributed by atoms with van der Waals surface area (Å²) in [6.45, 7) is 0. The quantitative estimate of drug-likeness (QED) is 0.518. The highest BCUT2D eigenvalue weighted by Gasteiger charge is 2.16. The first-order chi connectivity index (χ1) is 7.58. The first-order valence-electron chi connectivity index (χ1n) is 4.41. The van der Waals surface area contributed by atoms with E-state index in [1.807, 2.05) is 11.4 Å². The maximum absolute atomic E-state index is 13.5. The SMILES string of the molecule is Fc1ccc(C(Cl)c2csc(I)c2)c(F)c1. The Morgan fingerprint density at radius 1 is 1.25 bits per heavy atom. The zero-order valence-electron chi connectivity index (χ0n) is 7.88. The van der Waals surface area contributed by atoms with E-state index in [0.29, 0.717) is 5.56 Å². The molecule has 1 aromatic carbocycles. The van der Waals surface area contributed by atoms with E-state index < -0.39 is 17.0 Å². The number of alkyl halides is 1. The molecule has 2 rings (SSSR count). The molecule has 2 aromatic rings. The number of rotatable bonds is 2. The molecule has 0 aliphatic rings. The van der Waals surface area contributed by atoms with E-state index in [1.54, 1.807) is 11.3 Å². The third kappa shape index (κ3) is 2.55. The monoisotopic (exact) mass is 370 g/mol. The van der Waals surface area contributed by atoms with Crippen LogP contribution in [0.1, 0.15) is 16.5 Å². The van der Waals surface area contributed by atoms with Crippen LogP contribution in [0.3, 0.4) is 0 Å². The third-order valence-electron chi connectivity index (χ3n) is 2.12. The van der Waals surface area contributed by atoms with Crippen molar-refractivity contribution in [3.63, 3.8) is 0 Å². The fourth-order valence-electron chi connectivity index (χ4n) is 1.34. The summed E-state index contributed by atoms with van der Waals surface area (Å²) < 4.78 is 27.3. The molecular formula is C11H6ClF2IS. The number of hydrogen-bond acceptors (Lipinski definition) is 1. The maximum Gasteiger partial charge on any atom is 0.131 e. The van der Waals surface area contributed by atoms with Crippen molar-refractivity contribution in [3.05, 3.63) is 55.3 Å². The van der Waals surface area contributed by atoms with E-state index in [9.17, 15) is 8.78 Å². The van der Waals surface area contributed by atoms with Gasteiger partial charge in [0.15, 0.2) is 0 Å². The summed E-state index contributed by atoms with van der Waals surface area (Å²) in [5.41, 5.74) is 1.14. The van der Waals surface area contributed by atoms with Crippen LogP contribution in [-0.4, -0.2) is 0 Å². The third-order valence-corrected chi connectivity index (χ3v) is 4.41. The van der Waals surface area contributed by atoms with Crippen LogP contribution in [0.2, 0.25) is 0 Å². The molecule has 0 saturated carbocycles. The fourth-order valence-corrected chi connectivity index (χ4v) is 3.12. The summed E-state index contributed by atoms with van der Waals surface area (Å²) in [6.07, 6.45) is 0. The first kappa shape index (κ1) is 12.3. The lowest BCUT2D eigenvalue weighted by Crippen LogP contribution is -1.96. The van der Waals surface area contributed by atoms with Crippen LogP contribution in [-0.2, 0) is 0 Å². The lowest BCUT2D eigenvalue weighted by atomic mass is 10.1. The average molecular weight is 371 g/mol. The molecule has 16 heavy (non-hydrogen) atoms. The van der Waals surface area contributed by atoms with Gasteiger partial charge in [-0.3, -0.25) is 0 Å². The molecule has 0 N–H and O–H groups in total. The van der Waals surface area contributed by atoms with Gasteiger partial charge < -0.3 is 0 Å². The molecule has 5 heteroatoms. The van der Waals surface area contributed by atoms with Crippen molar-refractivity contribution in [2.24, 2.45) is 0 Å². The Balaban J connectivity index is 2.37. The summed E-state index contributed by atoms with van der Waals surface area (Å²) in [7, 11) is 0. The molecule has 0 saturated heterocycles. The molecule has 1 aromatic heterocycles. The maximum atomic E-state index is 13.5. The molecule has 0 nitrogen and oxygen atoms in total. The van der Waals surface area contributed by atoms with Gasteiger partial charge >= 0.3 is 0 Å². The summed E-state index contributed by atoms with van der Waals surface area (Å²) in [4.78, 5) is 0. The zero-order valence-corrected chi connectivity index (χ0v) is 11.6. The van der Waals surface area contributed by atoms with Crippen LogP contribution in [0, 0.1) is 14.5 Å². The van der Waals surface area contributed by atoms with Crippen LogP contribution in [0.4, 0.5) is 8.78 Å². The Morgan fingerprint density at radius 2 is 2.00 bits per heavy atom. The van der Waals surface area contributed by atoms with Crippen molar-refractivity contribution in [1.29, 1.82) is 0 Å². The molecular weight excluding hydrogens is 365 g/mol. The smallest absolute Gasteiger partial charge is 0.131 e. The predicted octanol–water partition coefficient (Wildman–Crippen LogP) is 4.96.